The summed E-state index contributed by atoms with van der Waals surface area (Å²) in [6, 6.07) is 17.1. The van der Waals surface area contributed by atoms with E-state index < -0.39 is 0 Å². The van der Waals surface area contributed by atoms with Crippen molar-refractivity contribution in [3.8, 4) is 11.1 Å². The minimum atomic E-state index is -0.361. The van der Waals surface area contributed by atoms with Gasteiger partial charge >= 0.3 is 0 Å². The number of nitrogens with zero attached hydrogens (tertiary/aromatic N) is 1. The highest BCUT2D eigenvalue weighted by molar-refractivity contribution is 7.12. The standard InChI is InChI=1S/C21H21N3O2S/c1-14-7-9-15(10-8-14)18-11-12-27-19(18)21(26)23-22-20(25)16-5-4-6-17(13-16)24(2)3/h4-13H,1-3H3,(H,22,25)(H,23,26). The summed E-state index contributed by atoms with van der Waals surface area (Å²) >= 11 is 1.34. The number of carbonyl (C=O) groups is 2. The Balaban J connectivity index is 1.70. The Hall–Kier alpha value is -3.12. The quantitative estimate of drug-likeness (QED) is 0.677. The first-order valence-corrected chi connectivity index (χ1v) is 9.36. The lowest BCUT2D eigenvalue weighted by atomic mass is 10.1. The van der Waals surface area contributed by atoms with Gasteiger partial charge in [0.05, 0.1) is 0 Å². The van der Waals surface area contributed by atoms with Crippen LogP contribution in [0.3, 0.4) is 0 Å². The van der Waals surface area contributed by atoms with E-state index in [1.54, 1.807) is 18.2 Å². The Kier molecular flexibility index (Phi) is 5.57. The first-order chi connectivity index (χ1) is 13.0. The van der Waals surface area contributed by atoms with Gasteiger partial charge in [-0.15, -0.1) is 11.3 Å². The van der Waals surface area contributed by atoms with E-state index in [4.69, 9.17) is 0 Å². The van der Waals surface area contributed by atoms with E-state index in [0.717, 1.165) is 22.4 Å². The van der Waals surface area contributed by atoms with E-state index in [-0.39, 0.29) is 11.8 Å². The molecule has 0 spiro atoms. The van der Waals surface area contributed by atoms with Crippen LogP contribution >= 0.6 is 11.3 Å². The van der Waals surface area contributed by atoms with Gasteiger partial charge < -0.3 is 4.90 Å². The summed E-state index contributed by atoms with van der Waals surface area (Å²) in [6.45, 7) is 2.02. The fourth-order valence-electron chi connectivity index (χ4n) is 2.61. The zero-order valence-corrected chi connectivity index (χ0v) is 16.3. The van der Waals surface area contributed by atoms with E-state index in [0.29, 0.717) is 10.4 Å². The number of carbonyl (C=O) groups excluding carboxylic acids is 2. The van der Waals surface area contributed by atoms with Crippen molar-refractivity contribution in [2.45, 2.75) is 6.92 Å². The van der Waals surface area contributed by atoms with E-state index in [2.05, 4.69) is 10.9 Å². The predicted octanol–water partition coefficient (Wildman–Crippen LogP) is 3.86. The van der Waals surface area contributed by atoms with Gasteiger partial charge in [-0.2, -0.15) is 0 Å². The topological polar surface area (TPSA) is 61.4 Å². The molecule has 0 radical (unpaired) electrons. The number of nitrogens with one attached hydrogen (secondary N) is 2. The Morgan fingerprint density at radius 1 is 0.926 bits per heavy atom. The van der Waals surface area contributed by atoms with Crippen molar-refractivity contribution in [2.24, 2.45) is 0 Å². The van der Waals surface area contributed by atoms with Crippen LogP contribution in [0.1, 0.15) is 25.6 Å². The molecule has 0 unspecified atom stereocenters. The van der Waals surface area contributed by atoms with Crippen molar-refractivity contribution >= 4 is 28.8 Å². The molecule has 0 atom stereocenters. The SMILES string of the molecule is Cc1ccc(-c2ccsc2C(=O)NNC(=O)c2cccc(N(C)C)c2)cc1. The van der Waals surface area contributed by atoms with Crippen LogP contribution in [0.25, 0.3) is 11.1 Å². The predicted molar refractivity (Wildman–Crippen MR) is 110 cm³/mol. The van der Waals surface area contributed by atoms with Crippen LogP contribution in [-0.2, 0) is 0 Å². The summed E-state index contributed by atoms with van der Waals surface area (Å²) in [6.07, 6.45) is 0. The molecule has 2 amide bonds. The number of anilines is 1. The Bertz CT molecular complexity index is 962. The van der Waals surface area contributed by atoms with Gasteiger partial charge in [0.2, 0.25) is 0 Å². The number of amides is 2. The van der Waals surface area contributed by atoms with Crippen molar-refractivity contribution in [1.82, 2.24) is 10.9 Å². The Labute approximate surface area is 162 Å². The summed E-state index contributed by atoms with van der Waals surface area (Å²) in [4.78, 5) is 27.4. The van der Waals surface area contributed by atoms with Crippen molar-refractivity contribution in [3.63, 3.8) is 0 Å². The van der Waals surface area contributed by atoms with E-state index in [9.17, 15) is 9.59 Å². The maximum atomic E-state index is 12.6. The van der Waals surface area contributed by atoms with Crippen LogP contribution in [0.5, 0.6) is 0 Å². The number of aryl methyl sites for hydroxylation is 1. The lowest BCUT2D eigenvalue weighted by Crippen LogP contribution is -2.41. The zero-order chi connectivity index (χ0) is 19.4. The van der Waals surface area contributed by atoms with Gasteiger partial charge in [0.25, 0.3) is 11.8 Å². The first kappa shape index (κ1) is 18.7. The molecule has 1 aromatic heterocycles. The maximum absolute atomic E-state index is 12.6. The molecule has 0 fully saturated rings. The van der Waals surface area contributed by atoms with Crippen molar-refractivity contribution in [2.75, 3.05) is 19.0 Å². The molecule has 0 saturated carbocycles. The van der Waals surface area contributed by atoms with Gasteiger partial charge in [-0.25, -0.2) is 0 Å². The molecule has 138 valence electrons. The molecule has 1 heterocycles. The third-order valence-electron chi connectivity index (χ3n) is 4.15. The summed E-state index contributed by atoms with van der Waals surface area (Å²) in [7, 11) is 3.81. The van der Waals surface area contributed by atoms with E-state index in [1.165, 1.54) is 11.3 Å². The van der Waals surface area contributed by atoms with Crippen LogP contribution in [-0.4, -0.2) is 25.9 Å². The minimum absolute atomic E-state index is 0.335. The minimum Gasteiger partial charge on any atom is -0.378 e. The molecule has 2 N–H and O–H groups in total. The molecule has 0 aliphatic rings. The van der Waals surface area contributed by atoms with Gasteiger partial charge in [-0.1, -0.05) is 35.9 Å². The third kappa shape index (κ3) is 4.35. The highest BCUT2D eigenvalue weighted by Gasteiger charge is 2.16. The molecule has 6 heteroatoms. The van der Waals surface area contributed by atoms with Gasteiger partial charge in [-0.05, 0) is 42.1 Å². The maximum Gasteiger partial charge on any atom is 0.280 e. The average molecular weight is 379 g/mol. The molecule has 5 nitrogen and oxygen atoms in total. The van der Waals surface area contributed by atoms with Gasteiger partial charge in [0.1, 0.15) is 4.88 Å². The van der Waals surface area contributed by atoms with Gasteiger partial charge in [0.15, 0.2) is 0 Å². The summed E-state index contributed by atoms with van der Waals surface area (Å²) < 4.78 is 0. The lowest BCUT2D eigenvalue weighted by Gasteiger charge is -2.13. The number of hydrazine groups is 1. The van der Waals surface area contributed by atoms with Crippen molar-refractivity contribution in [3.05, 3.63) is 76.0 Å². The molecule has 0 bridgehead atoms. The van der Waals surface area contributed by atoms with Crippen molar-refractivity contribution in [1.29, 1.82) is 0 Å². The normalized spacial score (nSPS) is 10.3. The second-order valence-corrected chi connectivity index (χ2v) is 7.30. The second-order valence-electron chi connectivity index (χ2n) is 6.38. The molecule has 3 rings (SSSR count). The highest BCUT2D eigenvalue weighted by Crippen LogP contribution is 2.28. The van der Waals surface area contributed by atoms with Gasteiger partial charge in [-0.3, -0.25) is 20.4 Å². The molecular weight excluding hydrogens is 358 g/mol. The first-order valence-electron chi connectivity index (χ1n) is 8.48. The molecule has 0 saturated heterocycles. The number of hydrogen-bond acceptors (Lipinski definition) is 4. The summed E-state index contributed by atoms with van der Waals surface area (Å²) in [5, 5.41) is 1.87. The van der Waals surface area contributed by atoms with Crippen LogP contribution in [0, 0.1) is 6.92 Å². The molecule has 27 heavy (non-hydrogen) atoms. The Morgan fingerprint density at radius 2 is 1.63 bits per heavy atom. The largest absolute Gasteiger partial charge is 0.378 e. The monoisotopic (exact) mass is 379 g/mol. The van der Waals surface area contributed by atoms with Crippen LogP contribution in [0.15, 0.2) is 60.0 Å². The highest BCUT2D eigenvalue weighted by atomic mass is 32.1. The van der Waals surface area contributed by atoms with Crippen LogP contribution in [0.4, 0.5) is 5.69 Å². The smallest absolute Gasteiger partial charge is 0.280 e. The lowest BCUT2D eigenvalue weighted by molar-refractivity contribution is 0.0849. The number of rotatable bonds is 4. The molecule has 0 aliphatic heterocycles. The third-order valence-corrected chi connectivity index (χ3v) is 5.06. The summed E-state index contributed by atoms with van der Waals surface area (Å²) in [5.74, 6) is -0.696. The van der Waals surface area contributed by atoms with Crippen LogP contribution < -0.4 is 15.8 Å². The number of benzene rings is 2. The fourth-order valence-corrected chi connectivity index (χ4v) is 3.42. The van der Waals surface area contributed by atoms with Gasteiger partial charge in [0, 0.05) is 30.9 Å². The number of hydrogen-bond donors (Lipinski definition) is 2. The van der Waals surface area contributed by atoms with E-state index in [1.807, 2.05) is 67.7 Å². The molecule has 2 aromatic carbocycles. The average Bonchev–Trinajstić information content (AvgIpc) is 3.16. The number of thiophene rings is 1. The van der Waals surface area contributed by atoms with Crippen LogP contribution in [0.2, 0.25) is 0 Å². The second kappa shape index (κ2) is 8.05. The Morgan fingerprint density at radius 3 is 2.33 bits per heavy atom. The molecule has 0 aliphatic carbocycles. The fraction of sp³-hybridized carbons (Fsp3) is 0.143. The molecule has 3 aromatic rings. The van der Waals surface area contributed by atoms with Crippen molar-refractivity contribution < 1.29 is 9.59 Å². The zero-order valence-electron chi connectivity index (χ0n) is 15.4. The van der Waals surface area contributed by atoms with E-state index >= 15 is 0 Å². The summed E-state index contributed by atoms with van der Waals surface area (Å²) in [5.41, 5.74) is 9.37. The molecular formula is C21H21N3O2S.